The molecule has 1 aliphatic carbocycles. The first-order valence-corrected chi connectivity index (χ1v) is 5.14. The number of ketones is 1. The predicted octanol–water partition coefficient (Wildman–Crippen LogP) is -0.118. The number of Topliss-reactive ketones (excluding diaryl/α,β-unsaturated/α-hetero) is 1. The first-order valence-electron chi connectivity index (χ1n) is 5.14. The van der Waals surface area contributed by atoms with Crippen LogP contribution in [0.5, 0.6) is 0 Å². The van der Waals surface area contributed by atoms with Gasteiger partial charge >= 0.3 is 0 Å². The second-order valence-corrected chi connectivity index (χ2v) is 3.77. The maximum atomic E-state index is 11.4. The van der Waals surface area contributed by atoms with Crippen molar-refractivity contribution in [1.29, 1.82) is 0 Å². The average molecular weight is 211 g/mol. The predicted molar refractivity (Wildman–Crippen MR) is 49.9 cm³/mol. The number of hydrogen-bond donors (Lipinski definition) is 0. The Bertz CT molecular complexity index is 309. The fourth-order valence-corrected chi connectivity index (χ4v) is 2.06. The molecule has 1 saturated heterocycles. The molecular formula is C10H13NO4. The van der Waals surface area contributed by atoms with E-state index in [1.807, 2.05) is 6.92 Å². The van der Waals surface area contributed by atoms with Crippen molar-refractivity contribution >= 4 is 17.6 Å². The Morgan fingerprint density at radius 1 is 1.27 bits per heavy atom. The number of nitrogens with zero attached hydrogens (tertiary/aromatic N) is 1. The number of rotatable bonds is 3. The van der Waals surface area contributed by atoms with Crippen LogP contribution in [0.25, 0.3) is 0 Å². The molecular weight excluding hydrogens is 198 g/mol. The van der Waals surface area contributed by atoms with E-state index in [0.29, 0.717) is 13.0 Å². The second kappa shape index (κ2) is 3.73. The lowest BCUT2D eigenvalue weighted by atomic mass is 9.86. The average Bonchev–Trinajstić information content (AvgIpc) is 2.49. The fourth-order valence-electron chi connectivity index (χ4n) is 2.06. The smallest absolute Gasteiger partial charge is 0.230 e. The van der Waals surface area contributed by atoms with Crippen LogP contribution >= 0.6 is 0 Å². The van der Waals surface area contributed by atoms with Gasteiger partial charge in [-0.2, -0.15) is 0 Å². The lowest BCUT2D eigenvalue weighted by Gasteiger charge is -2.39. The van der Waals surface area contributed by atoms with Crippen molar-refractivity contribution in [2.75, 3.05) is 6.61 Å². The molecule has 1 aliphatic heterocycles. The largest absolute Gasteiger partial charge is 0.375 e. The first kappa shape index (κ1) is 10.3. The zero-order valence-electron chi connectivity index (χ0n) is 8.56. The summed E-state index contributed by atoms with van der Waals surface area (Å²) in [7, 11) is 0. The number of likely N-dealkylation sites (tertiary alicyclic amines) is 1. The highest BCUT2D eigenvalue weighted by Gasteiger charge is 2.50. The van der Waals surface area contributed by atoms with Gasteiger partial charge in [0, 0.05) is 25.9 Å². The van der Waals surface area contributed by atoms with Crippen LogP contribution in [0.1, 0.15) is 26.2 Å². The van der Waals surface area contributed by atoms with Crippen molar-refractivity contribution in [3.63, 3.8) is 0 Å². The van der Waals surface area contributed by atoms with Gasteiger partial charge in [-0.1, -0.05) is 0 Å². The molecule has 5 heteroatoms. The van der Waals surface area contributed by atoms with E-state index in [1.165, 1.54) is 0 Å². The molecule has 0 aromatic carbocycles. The van der Waals surface area contributed by atoms with E-state index in [0.717, 1.165) is 4.90 Å². The summed E-state index contributed by atoms with van der Waals surface area (Å²) in [6.45, 7) is 2.32. The zero-order valence-corrected chi connectivity index (χ0v) is 8.56. The molecule has 5 nitrogen and oxygen atoms in total. The summed E-state index contributed by atoms with van der Waals surface area (Å²) >= 11 is 0. The molecule has 0 N–H and O–H groups in total. The van der Waals surface area contributed by atoms with Crippen molar-refractivity contribution in [3.05, 3.63) is 0 Å². The summed E-state index contributed by atoms with van der Waals surface area (Å²) in [4.78, 5) is 35.3. The van der Waals surface area contributed by atoms with Gasteiger partial charge in [-0.25, -0.2) is 0 Å². The maximum Gasteiger partial charge on any atom is 0.230 e. The van der Waals surface area contributed by atoms with Gasteiger partial charge in [0.2, 0.25) is 11.8 Å². The number of ether oxygens (including phenoxy) is 1. The topological polar surface area (TPSA) is 63.7 Å². The second-order valence-electron chi connectivity index (χ2n) is 3.77. The van der Waals surface area contributed by atoms with E-state index in [-0.39, 0.29) is 36.5 Å². The Morgan fingerprint density at radius 2 is 1.87 bits per heavy atom. The minimum absolute atomic E-state index is 0.0722. The highest BCUT2D eigenvalue weighted by molar-refractivity contribution is 6.07. The third kappa shape index (κ3) is 1.56. The van der Waals surface area contributed by atoms with Crippen LogP contribution in [0, 0.1) is 0 Å². The third-order valence-electron chi connectivity index (χ3n) is 2.83. The van der Waals surface area contributed by atoms with Gasteiger partial charge in [0.25, 0.3) is 0 Å². The molecule has 15 heavy (non-hydrogen) atoms. The van der Waals surface area contributed by atoms with Gasteiger partial charge in [-0.05, 0) is 6.92 Å². The highest BCUT2D eigenvalue weighted by Crippen LogP contribution is 2.29. The molecule has 2 rings (SSSR count). The number of hydrogen-bond acceptors (Lipinski definition) is 4. The van der Waals surface area contributed by atoms with E-state index in [9.17, 15) is 14.4 Å². The first-order chi connectivity index (χ1) is 7.15. The molecule has 0 aromatic rings. The van der Waals surface area contributed by atoms with Gasteiger partial charge in [0.05, 0.1) is 6.10 Å². The summed E-state index contributed by atoms with van der Waals surface area (Å²) in [5.74, 6) is -0.567. The van der Waals surface area contributed by atoms with Crippen molar-refractivity contribution in [2.45, 2.75) is 38.3 Å². The Hall–Kier alpha value is -1.23. The highest BCUT2D eigenvalue weighted by atomic mass is 16.5. The molecule has 0 unspecified atom stereocenters. The molecule has 2 fully saturated rings. The lowest BCUT2D eigenvalue weighted by molar-refractivity contribution is -0.162. The van der Waals surface area contributed by atoms with Gasteiger partial charge in [-0.15, -0.1) is 0 Å². The molecule has 1 heterocycles. The Balaban J connectivity index is 2.11. The normalized spacial score (nSPS) is 31.0. The summed E-state index contributed by atoms with van der Waals surface area (Å²) in [5.41, 5.74) is 0. The minimum Gasteiger partial charge on any atom is -0.375 e. The van der Waals surface area contributed by atoms with Crippen LogP contribution in [0.15, 0.2) is 0 Å². The Morgan fingerprint density at radius 3 is 2.33 bits per heavy atom. The summed E-state index contributed by atoms with van der Waals surface area (Å²) in [5, 5.41) is 0. The number of carbonyl (C=O) groups excluding carboxylic acids is 3. The standard InChI is InChI=1S/C10H13NO4/c1-2-15-7-5-6(12)10(7)11-8(13)3-4-9(11)14/h7,10H,2-5H2,1H3/t7-,10-/m0/s1. The lowest BCUT2D eigenvalue weighted by Crippen LogP contribution is -2.60. The SMILES string of the molecule is CCO[C@H]1CC(=O)[C@@H]1N1C(=O)CCC1=O. The molecule has 2 amide bonds. The van der Waals surface area contributed by atoms with Crippen molar-refractivity contribution in [3.8, 4) is 0 Å². The van der Waals surface area contributed by atoms with E-state index in [4.69, 9.17) is 4.74 Å². The van der Waals surface area contributed by atoms with Crippen LogP contribution in [0.2, 0.25) is 0 Å². The molecule has 2 aliphatic rings. The zero-order chi connectivity index (χ0) is 11.0. The summed E-state index contributed by atoms with van der Waals surface area (Å²) in [6, 6.07) is -0.646. The van der Waals surface area contributed by atoms with Gasteiger partial charge in [0.15, 0.2) is 5.78 Å². The van der Waals surface area contributed by atoms with Gasteiger partial charge in [-0.3, -0.25) is 19.3 Å². The van der Waals surface area contributed by atoms with Crippen LogP contribution in [-0.2, 0) is 19.1 Å². The van der Waals surface area contributed by atoms with Crippen molar-refractivity contribution in [2.24, 2.45) is 0 Å². The molecule has 1 saturated carbocycles. The summed E-state index contributed by atoms with van der Waals surface area (Å²) < 4.78 is 5.30. The molecule has 0 spiro atoms. The van der Waals surface area contributed by atoms with Gasteiger partial charge in [0.1, 0.15) is 6.04 Å². The van der Waals surface area contributed by atoms with Crippen LogP contribution < -0.4 is 0 Å². The quantitative estimate of drug-likeness (QED) is 0.610. The Labute approximate surface area is 87.4 Å². The third-order valence-corrected chi connectivity index (χ3v) is 2.83. The molecule has 82 valence electrons. The van der Waals surface area contributed by atoms with Crippen molar-refractivity contribution < 1.29 is 19.1 Å². The van der Waals surface area contributed by atoms with E-state index >= 15 is 0 Å². The molecule has 0 radical (unpaired) electrons. The fraction of sp³-hybridized carbons (Fsp3) is 0.700. The number of amides is 2. The molecule has 0 bridgehead atoms. The Kier molecular flexibility index (Phi) is 2.56. The molecule has 2 atom stereocenters. The number of imide groups is 1. The number of carbonyl (C=O) groups is 3. The minimum atomic E-state index is -0.646. The van der Waals surface area contributed by atoms with E-state index in [2.05, 4.69) is 0 Å². The van der Waals surface area contributed by atoms with Gasteiger partial charge < -0.3 is 4.74 Å². The van der Waals surface area contributed by atoms with Crippen LogP contribution in [0.4, 0.5) is 0 Å². The van der Waals surface area contributed by atoms with Crippen LogP contribution in [-0.4, -0.2) is 41.3 Å². The summed E-state index contributed by atoms with van der Waals surface area (Å²) in [6.07, 6.45) is 0.479. The van der Waals surface area contributed by atoms with Crippen molar-refractivity contribution in [1.82, 2.24) is 4.90 Å². The molecule has 0 aromatic heterocycles. The van der Waals surface area contributed by atoms with E-state index < -0.39 is 6.04 Å². The maximum absolute atomic E-state index is 11.4. The van der Waals surface area contributed by atoms with E-state index in [1.54, 1.807) is 0 Å². The van der Waals surface area contributed by atoms with Crippen LogP contribution in [0.3, 0.4) is 0 Å². The monoisotopic (exact) mass is 211 g/mol.